The molecule has 77 valence electrons. The summed E-state index contributed by atoms with van der Waals surface area (Å²) in [6.45, 7) is 5.31. The third kappa shape index (κ3) is 8.82. The van der Waals surface area contributed by atoms with Gasteiger partial charge in [-0.05, 0) is 0 Å². The van der Waals surface area contributed by atoms with Crippen LogP contribution in [0.25, 0.3) is 0 Å². The molecule has 0 bridgehead atoms. The van der Waals surface area contributed by atoms with Gasteiger partial charge in [0, 0.05) is 0 Å². The van der Waals surface area contributed by atoms with Crippen LogP contribution in [0.15, 0.2) is 10.2 Å². The molecular formula is C11H24NSn. The molecule has 2 heteroatoms. The van der Waals surface area contributed by atoms with E-state index in [2.05, 4.69) is 24.0 Å². The van der Waals surface area contributed by atoms with Crippen molar-refractivity contribution in [2.45, 2.75) is 48.4 Å². The summed E-state index contributed by atoms with van der Waals surface area (Å²) in [4.78, 5) is 0. The summed E-state index contributed by atoms with van der Waals surface area (Å²) in [7, 11) is 0. The van der Waals surface area contributed by atoms with Crippen molar-refractivity contribution in [1.29, 1.82) is 0 Å². The Morgan fingerprint density at radius 3 is 2.00 bits per heavy atom. The van der Waals surface area contributed by atoms with Gasteiger partial charge < -0.3 is 0 Å². The molecule has 0 saturated carbocycles. The molecule has 0 saturated heterocycles. The fourth-order valence-corrected chi connectivity index (χ4v) is 8.95. The maximum absolute atomic E-state index is 5.48. The first kappa shape index (κ1) is 13.5. The van der Waals surface area contributed by atoms with E-state index < -0.39 is 19.8 Å². The van der Waals surface area contributed by atoms with Gasteiger partial charge in [-0.3, -0.25) is 0 Å². The standard InChI is InChI=1S/2C4H9.C3H6N.Sn/c2*1-3-4-2;1-2-3-4;/h2*1,3-4H2,2H3;1-2H,3-4H2;. The zero-order valence-corrected chi connectivity index (χ0v) is 12.0. The summed E-state index contributed by atoms with van der Waals surface area (Å²) in [5.74, 6) is 0. The minimum absolute atomic E-state index is 0.738. The fraction of sp³-hybridized carbons (Fsp3) is 0.818. The van der Waals surface area contributed by atoms with Gasteiger partial charge in [0.15, 0.2) is 0 Å². The van der Waals surface area contributed by atoms with E-state index >= 15 is 0 Å². The van der Waals surface area contributed by atoms with Crippen LogP contribution in [0.3, 0.4) is 0 Å². The van der Waals surface area contributed by atoms with Crippen molar-refractivity contribution >= 4 is 19.8 Å². The Hall–Kier alpha value is 0.499. The van der Waals surface area contributed by atoms with Crippen molar-refractivity contribution in [1.82, 2.24) is 0 Å². The van der Waals surface area contributed by atoms with Crippen LogP contribution in [0.2, 0.25) is 8.87 Å². The number of unbranched alkanes of at least 4 members (excludes halogenated alkanes) is 2. The van der Waals surface area contributed by atoms with E-state index in [9.17, 15) is 0 Å². The molecule has 0 heterocycles. The van der Waals surface area contributed by atoms with Crippen LogP contribution < -0.4 is 5.73 Å². The van der Waals surface area contributed by atoms with Crippen LogP contribution in [-0.4, -0.2) is 26.3 Å². The Bertz CT molecular complexity index is 115. The first-order chi connectivity index (χ1) is 6.35. The van der Waals surface area contributed by atoms with Crippen molar-refractivity contribution in [3.8, 4) is 0 Å². The summed E-state index contributed by atoms with van der Waals surface area (Å²) in [5, 5.41) is 0. The molecule has 0 unspecified atom stereocenters. The molecule has 0 fully saturated rings. The number of hydrogen-bond acceptors (Lipinski definition) is 1. The zero-order valence-electron chi connectivity index (χ0n) is 9.18. The van der Waals surface area contributed by atoms with Crippen molar-refractivity contribution in [3.05, 3.63) is 10.2 Å². The Morgan fingerprint density at radius 2 is 1.62 bits per heavy atom. The summed E-state index contributed by atoms with van der Waals surface area (Å²) in [5.41, 5.74) is 5.48. The van der Waals surface area contributed by atoms with E-state index in [1.807, 2.05) is 0 Å². The molecule has 0 aliphatic carbocycles. The predicted molar refractivity (Wildman–Crippen MR) is 63.4 cm³/mol. The molecule has 0 atom stereocenters. The van der Waals surface area contributed by atoms with Gasteiger partial charge in [-0.25, -0.2) is 0 Å². The molecular weight excluding hydrogens is 265 g/mol. The number of hydrogen-bond donors (Lipinski definition) is 1. The normalized spacial score (nSPS) is 11.7. The minimum atomic E-state index is -1.10. The average Bonchev–Trinajstić information content (AvgIpc) is 2.17. The summed E-state index contributed by atoms with van der Waals surface area (Å²) < 4.78 is 5.58. The second-order valence-electron chi connectivity index (χ2n) is 3.50. The second-order valence-corrected chi connectivity index (χ2v) is 11.1. The molecule has 0 spiro atoms. The average molecular weight is 289 g/mol. The first-order valence-corrected chi connectivity index (χ1v) is 11.2. The fourth-order valence-electron chi connectivity index (χ4n) is 1.33. The topological polar surface area (TPSA) is 26.0 Å². The van der Waals surface area contributed by atoms with Gasteiger partial charge in [-0.15, -0.1) is 0 Å². The van der Waals surface area contributed by atoms with E-state index in [0.717, 1.165) is 6.54 Å². The van der Waals surface area contributed by atoms with Crippen molar-refractivity contribution < 1.29 is 0 Å². The van der Waals surface area contributed by atoms with E-state index in [4.69, 9.17) is 5.73 Å². The quantitative estimate of drug-likeness (QED) is 0.683. The zero-order chi connectivity index (χ0) is 9.94. The Morgan fingerprint density at radius 1 is 1.08 bits per heavy atom. The van der Waals surface area contributed by atoms with E-state index in [1.165, 1.54) is 34.6 Å². The van der Waals surface area contributed by atoms with Crippen LogP contribution in [0.4, 0.5) is 0 Å². The first-order valence-electron chi connectivity index (χ1n) is 5.56. The van der Waals surface area contributed by atoms with Crippen LogP contribution in [0, 0.1) is 0 Å². The van der Waals surface area contributed by atoms with Gasteiger partial charge in [0.1, 0.15) is 0 Å². The van der Waals surface area contributed by atoms with Crippen LogP contribution >= 0.6 is 0 Å². The molecule has 13 heavy (non-hydrogen) atoms. The molecule has 0 aromatic heterocycles. The van der Waals surface area contributed by atoms with Gasteiger partial charge in [0.2, 0.25) is 0 Å². The molecule has 0 amide bonds. The Balaban J connectivity index is 3.66. The van der Waals surface area contributed by atoms with Gasteiger partial charge in [0.05, 0.1) is 0 Å². The summed E-state index contributed by atoms with van der Waals surface area (Å²) in [6, 6.07) is 0. The third-order valence-corrected chi connectivity index (χ3v) is 9.89. The molecule has 1 radical (unpaired) electrons. The molecule has 1 nitrogen and oxygen atoms in total. The molecule has 0 rings (SSSR count). The number of nitrogens with two attached hydrogens (primary N) is 1. The number of rotatable bonds is 8. The summed E-state index contributed by atoms with van der Waals surface area (Å²) in [6.07, 6.45) is 7.78. The molecule has 2 N–H and O–H groups in total. The Labute approximate surface area is 90.5 Å². The van der Waals surface area contributed by atoms with E-state index in [-0.39, 0.29) is 0 Å². The van der Waals surface area contributed by atoms with Crippen molar-refractivity contribution in [2.75, 3.05) is 6.54 Å². The molecule has 0 aliphatic rings. The SMILES string of the molecule is CCC[CH2][Sn]([CH]=CCN)[CH2]CCC. The van der Waals surface area contributed by atoms with Gasteiger partial charge in [-0.2, -0.15) is 0 Å². The van der Waals surface area contributed by atoms with Gasteiger partial charge in [-0.1, -0.05) is 0 Å². The molecule has 0 aromatic carbocycles. The van der Waals surface area contributed by atoms with Crippen molar-refractivity contribution in [2.24, 2.45) is 5.73 Å². The van der Waals surface area contributed by atoms with Gasteiger partial charge in [0.25, 0.3) is 0 Å². The molecule has 0 aromatic rings. The van der Waals surface area contributed by atoms with E-state index in [1.54, 1.807) is 0 Å². The van der Waals surface area contributed by atoms with E-state index in [0.29, 0.717) is 0 Å². The van der Waals surface area contributed by atoms with Gasteiger partial charge >= 0.3 is 90.6 Å². The van der Waals surface area contributed by atoms with Crippen LogP contribution in [0.5, 0.6) is 0 Å². The van der Waals surface area contributed by atoms with Crippen LogP contribution in [0.1, 0.15) is 39.5 Å². The summed E-state index contributed by atoms with van der Waals surface area (Å²) >= 11 is -1.10. The maximum atomic E-state index is 5.48. The third-order valence-electron chi connectivity index (χ3n) is 2.19. The van der Waals surface area contributed by atoms with Crippen molar-refractivity contribution in [3.63, 3.8) is 0 Å². The monoisotopic (exact) mass is 290 g/mol. The molecule has 0 aliphatic heterocycles. The Kier molecular flexibility index (Phi) is 11.0. The predicted octanol–water partition coefficient (Wildman–Crippen LogP) is 3.14. The second kappa shape index (κ2) is 10.6. The van der Waals surface area contributed by atoms with Crippen LogP contribution in [-0.2, 0) is 0 Å².